The number of aliphatic carboxylic acids is 1. The van der Waals surface area contributed by atoms with Crippen molar-refractivity contribution in [1.29, 1.82) is 0 Å². The lowest BCUT2D eigenvalue weighted by molar-refractivity contribution is -0.146. The molecule has 1 fully saturated rings. The van der Waals surface area contributed by atoms with Crippen LogP contribution in [0.1, 0.15) is 45.1 Å². The minimum Gasteiger partial charge on any atom is -0.489 e. The Morgan fingerprint density at radius 1 is 1.40 bits per heavy atom. The second-order valence-electron chi connectivity index (χ2n) is 6.15. The van der Waals surface area contributed by atoms with Gasteiger partial charge in [0.2, 0.25) is 0 Å². The van der Waals surface area contributed by atoms with Gasteiger partial charge in [0, 0.05) is 0 Å². The van der Waals surface area contributed by atoms with Crippen LogP contribution in [0.4, 0.5) is 0 Å². The van der Waals surface area contributed by atoms with E-state index in [1.54, 1.807) is 13.8 Å². The average Bonchev–Trinajstić information content (AvgIpc) is 2.85. The molecule has 0 saturated heterocycles. The van der Waals surface area contributed by atoms with Gasteiger partial charge in [0.15, 0.2) is 0 Å². The Kier molecular flexibility index (Phi) is 4.59. The summed E-state index contributed by atoms with van der Waals surface area (Å²) in [5.74, 6) is -0.102. The Morgan fingerprint density at radius 3 is 2.60 bits per heavy atom. The van der Waals surface area contributed by atoms with E-state index < -0.39 is 11.4 Å². The predicted octanol–water partition coefficient (Wildman–Crippen LogP) is 4.31. The van der Waals surface area contributed by atoms with Gasteiger partial charge in [0.05, 0.1) is 16.5 Å². The molecule has 0 bridgehead atoms. The van der Waals surface area contributed by atoms with E-state index in [2.05, 4.69) is 0 Å². The molecule has 20 heavy (non-hydrogen) atoms. The number of carboxylic acid groups (broad SMARTS) is 1. The second-order valence-corrected chi connectivity index (χ2v) is 6.56. The van der Waals surface area contributed by atoms with E-state index in [1.165, 1.54) is 12.8 Å². The molecule has 0 radical (unpaired) electrons. The van der Waals surface area contributed by atoms with Crippen LogP contribution in [-0.2, 0) is 11.2 Å². The Balaban J connectivity index is 2.07. The fourth-order valence-electron chi connectivity index (χ4n) is 2.52. The minimum atomic E-state index is -0.806. The molecular formula is C16H21ClO3. The number of carbonyl (C=O) groups is 1. The topological polar surface area (TPSA) is 46.5 Å². The Bertz CT molecular complexity index is 490. The quantitative estimate of drug-likeness (QED) is 0.880. The summed E-state index contributed by atoms with van der Waals surface area (Å²) in [5.41, 5.74) is 0.123. The third kappa shape index (κ3) is 3.66. The number of ether oxygens (including phenoxy) is 1. The molecule has 0 aromatic heterocycles. The highest BCUT2D eigenvalue weighted by Gasteiger charge is 2.27. The molecule has 0 aliphatic heterocycles. The van der Waals surface area contributed by atoms with Crippen LogP contribution in [0.5, 0.6) is 5.75 Å². The van der Waals surface area contributed by atoms with Gasteiger partial charge < -0.3 is 9.84 Å². The summed E-state index contributed by atoms with van der Waals surface area (Å²) in [6.07, 6.45) is 5.33. The van der Waals surface area contributed by atoms with E-state index in [9.17, 15) is 4.79 Å². The van der Waals surface area contributed by atoms with Gasteiger partial charge in [-0.2, -0.15) is 0 Å². The van der Waals surface area contributed by atoms with Gasteiger partial charge in [-0.25, -0.2) is 0 Å². The zero-order valence-electron chi connectivity index (χ0n) is 12.0. The van der Waals surface area contributed by atoms with Crippen molar-refractivity contribution in [3.05, 3.63) is 28.8 Å². The lowest BCUT2D eigenvalue weighted by Crippen LogP contribution is -2.26. The Morgan fingerprint density at radius 2 is 2.05 bits per heavy atom. The fraction of sp³-hybridized carbons (Fsp3) is 0.562. The largest absolute Gasteiger partial charge is 0.489 e. The monoisotopic (exact) mass is 296 g/mol. The molecule has 110 valence electrons. The van der Waals surface area contributed by atoms with Crippen molar-refractivity contribution in [2.75, 3.05) is 0 Å². The lowest BCUT2D eigenvalue weighted by Gasteiger charge is -2.20. The summed E-state index contributed by atoms with van der Waals surface area (Å²) in [4.78, 5) is 11.1. The van der Waals surface area contributed by atoms with Crippen LogP contribution < -0.4 is 4.74 Å². The number of halogens is 1. The van der Waals surface area contributed by atoms with Crippen molar-refractivity contribution in [3.63, 3.8) is 0 Å². The molecule has 0 amide bonds. The van der Waals surface area contributed by atoms with Gasteiger partial charge in [-0.3, -0.25) is 4.79 Å². The van der Waals surface area contributed by atoms with Crippen molar-refractivity contribution >= 4 is 17.6 Å². The summed E-state index contributed by atoms with van der Waals surface area (Å²) in [6, 6.07) is 5.57. The van der Waals surface area contributed by atoms with Crippen LogP contribution in [0.25, 0.3) is 0 Å². The number of hydrogen-bond acceptors (Lipinski definition) is 2. The van der Waals surface area contributed by atoms with Crippen molar-refractivity contribution in [2.45, 2.75) is 52.1 Å². The third-order valence-corrected chi connectivity index (χ3v) is 4.11. The molecule has 0 heterocycles. The maximum Gasteiger partial charge on any atom is 0.309 e. The normalized spacial score (nSPS) is 16.4. The molecule has 1 aliphatic carbocycles. The first-order valence-electron chi connectivity index (χ1n) is 7.07. The SMILES string of the molecule is CC(C)(Cc1ccc(OC2CCCC2)c(Cl)c1)C(=O)O. The maximum atomic E-state index is 11.1. The maximum absolute atomic E-state index is 11.1. The summed E-state index contributed by atoms with van der Waals surface area (Å²) in [7, 11) is 0. The minimum absolute atomic E-state index is 0.272. The summed E-state index contributed by atoms with van der Waals surface area (Å²) in [5, 5.41) is 9.72. The molecule has 2 rings (SSSR count). The molecule has 1 aliphatic rings. The van der Waals surface area contributed by atoms with Gasteiger partial charge in [-0.1, -0.05) is 17.7 Å². The number of rotatable bonds is 5. The smallest absolute Gasteiger partial charge is 0.309 e. The standard InChI is InChI=1S/C16H21ClO3/c1-16(2,15(18)19)10-11-7-8-14(13(17)9-11)20-12-5-3-4-6-12/h7-9,12H,3-6,10H2,1-2H3,(H,18,19). The summed E-state index contributed by atoms with van der Waals surface area (Å²) in [6.45, 7) is 3.43. The van der Waals surface area contributed by atoms with E-state index in [0.29, 0.717) is 17.2 Å². The summed E-state index contributed by atoms with van der Waals surface area (Å²) >= 11 is 6.24. The van der Waals surface area contributed by atoms with Gasteiger partial charge >= 0.3 is 5.97 Å². The highest BCUT2D eigenvalue weighted by Crippen LogP contribution is 2.32. The number of carboxylic acids is 1. The fourth-order valence-corrected chi connectivity index (χ4v) is 2.77. The molecule has 1 N–H and O–H groups in total. The Labute approximate surface area is 124 Å². The molecule has 1 aromatic rings. The van der Waals surface area contributed by atoms with Crippen molar-refractivity contribution in [2.24, 2.45) is 5.41 Å². The van der Waals surface area contributed by atoms with Gasteiger partial charge in [-0.15, -0.1) is 0 Å². The molecule has 0 spiro atoms. The van der Waals surface area contributed by atoms with Crippen molar-refractivity contribution < 1.29 is 14.6 Å². The van der Waals surface area contributed by atoms with Gasteiger partial charge in [0.25, 0.3) is 0 Å². The number of hydrogen-bond donors (Lipinski definition) is 1. The summed E-state index contributed by atoms with van der Waals surface area (Å²) < 4.78 is 5.89. The molecule has 0 atom stereocenters. The first-order valence-corrected chi connectivity index (χ1v) is 7.45. The lowest BCUT2D eigenvalue weighted by atomic mass is 9.86. The van der Waals surface area contributed by atoms with E-state index in [-0.39, 0.29) is 6.10 Å². The average molecular weight is 297 g/mol. The van der Waals surface area contributed by atoms with Crippen molar-refractivity contribution in [3.8, 4) is 5.75 Å². The number of benzene rings is 1. The van der Waals surface area contributed by atoms with Crippen LogP contribution >= 0.6 is 11.6 Å². The van der Waals surface area contributed by atoms with E-state index >= 15 is 0 Å². The highest BCUT2D eigenvalue weighted by molar-refractivity contribution is 6.32. The van der Waals surface area contributed by atoms with Crippen molar-refractivity contribution in [1.82, 2.24) is 0 Å². The van der Waals surface area contributed by atoms with E-state index in [4.69, 9.17) is 21.4 Å². The zero-order valence-corrected chi connectivity index (χ0v) is 12.7. The third-order valence-electron chi connectivity index (χ3n) is 3.82. The molecule has 1 saturated carbocycles. The molecule has 0 unspecified atom stereocenters. The van der Waals surface area contributed by atoms with E-state index in [0.717, 1.165) is 18.4 Å². The molecule has 1 aromatic carbocycles. The van der Waals surface area contributed by atoms with Gasteiger partial charge in [0.1, 0.15) is 5.75 Å². The second kappa shape index (κ2) is 6.04. The van der Waals surface area contributed by atoms with E-state index in [1.807, 2.05) is 18.2 Å². The van der Waals surface area contributed by atoms with Crippen LogP contribution in [-0.4, -0.2) is 17.2 Å². The van der Waals surface area contributed by atoms with Crippen LogP contribution in [0.2, 0.25) is 5.02 Å². The van der Waals surface area contributed by atoms with Crippen LogP contribution in [0, 0.1) is 5.41 Å². The Hall–Kier alpha value is -1.22. The first kappa shape index (κ1) is 15.2. The van der Waals surface area contributed by atoms with Crippen LogP contribution in [0.15, 0.2) is 18.2 Å². The zero-order chi connectivity index (χ0) is 14.8. The first-order chi connectivity index (χ1) is 9.38. The molecule has 4 heteroatoms. The molecule has 3 nitrogen and oxygen atoms in total. The van der Waals surface area contributed by atoms with Gasteiger partial charge in [-0.05, 0) is 63.6 Å². The highest BCUT2D eigenvalue weighted by atomic mass is 35.5. The predicted molar refractivity (Wildman–Crippen MR) is 79.5 cm³/mol. The molecular weight excluding hydrogens is 276 g/mol. The van der Waals surface area contributed by atoms with Crippen LogP contribution in [0.3, 0.4) is 0 Å².